The zero-order chi connectivity index (χ0) is 20.1. The van der Waals surface area contributed by atoms with Gasteiger partial charge in [0.05, 0.1) is 5.56 Å². The summed E-state index contributed by atoms with van der Waals surface area (Å²) in [5, 5.41) is 11.2. The molecule has 4 aromatic rings. The molecule has 0 radical (unpaired) electrons. The van der Waals surface area contributed by atoms with E-state index >= 15 is 0 Å². The second-order valence-corrected chi connectivity index (χ2v) is 8.37. The third-order valence-corrected chi connectivity index (χ3v) is 6.03. The molecule has 0 aliphatic carbocycles. The summed E-state index contributed by atoms with van der Waals surface area (Å²) < 4.78 is 20.2. The standard InChI is InChI=1S/C21H16FN3O2S2/c22-16-9-5-4-8-15(16)17-10-11-18(27-17)19(26)23-20-24-25-21(29-20)28-13-12-14-6-2-1-3-7-14/h1-11H,12-13H2,(H,23,24,26). The van der Waals surface area contributed by atoms with E-state index in [-0.39, 0.29) is 5.76 Å². The minimum absolute atomic E-state index is 0.0803. The maximum absolute atomic E-state index is 13.9. The highest BCUT2D eigenvalue weighted by molar-refractivity contribution is 8.01. The molecule has 2 heterocycles. The van der Waals surface area contributed by atoms with Crippen molar-refractivity contribution in [2.75, 3.05) is 11.1 Å². The SMILES string of the molecule is O=C(Nc1nnc(SCCc2ccccc2)s1)c1ccc(-c2ccccc2F)o1. The zero-order valence-electron chi connectivity index (χ0n) is 15.2. The molecule has 0 aliphatic rings. The number of anilines is 1. The summed E-state index contributed by atoms with van der Waals surface area (Å²) in [5.41, 5.74) is 1.57. The number of furan rings is 1. The fourth-order valence-corrected chi connectivity index (χ4v) is 4.45. The Kier molecular flexibility index (Phi) is 6.02. The number of halogens is 1. The van der Waals surface area contributed by atoms with Crippen molar-refractivity contribution >= 4 is 34.1 Å². The van der Waals surface area contributed by atoms with E-state index in [0.717, 1.165) is 16.5 Å². The molecular weight excluding hydrogens is 409 g/mol. The van der Waals surface area contributed by atoms with E-state index in [9.17, 15) is 9.18 Å². The van der Waals surface area contributed by atoms with Gasteiger partial charge in [-0.15, -0.1) is 10.2 Å². The molecule has 0 unspecified atom stereocenters. The van der Waals surface area contributed by atoms with Crippen LogP contribution in [0, 0.1) is 5.82 Å². The van der Waals surface area contributed by atoms with Gasteiger partial charge in [-0.3, -0.25) is 10.1 Å². The molecule has 0 fully saturated rings. The van der Waals surface area contributed by atoms with Gasteiger partial charge in [0.2, 0.25) is 5.13 Å². The van der Waals surface area contributed by atoms with E-state index in [0.29, 0.717) is 16.5 Å². The van der Waals surface area contributed by atoms with Crippen molar-refractivity contribution in [1.29, 1.82) is 0 Å². The Morgan fingerprint density at radius 1 is 1.03 bits per heavy atom. The van der Waals surface area contributed by atoms with Gasteiger partial charge < -0.3 is 4.42 Å². The smallest absolute Gasteiger partial charge is 0.293 e. The minimum Gasteiger partial charge on any atom is -0.451 e. The Morgan fingerprint density at radius 3 is 2.66 bits per heavy atom. The number of rotatable bonds is 7. The van der Waals surface area contributed by atoms with Crippen molar-refractivity contribution in [3.8, 4) is 11.3 Å². The lowest BCUT2D eigenvalue weighted by Gasteiger charge is -1.99. The summed E-state index contributed by atoms with van der Waals surface area (Å²) >= 11 is 2.89. The van der Waals surface area contributed by atoms with E-state index in [1.54, 1.807) is 36.0 Å². The fourth-order valence-electron chi connectivity index (χ4n) is 2.64. The molecule has 1 amide bonds. The van der Waals surface area contributed by atoms with Crippen LogP contribution in [0.5, 0.6) is 0 Å². The minimum atomic E-state index is -0.454. The Labute approximate surface area is 175 Å². The average molecular weight is 426 g/mol. The molecule has 8 heteroatoms. The zero-order valence-corrected chi connectivity index (χ0v) is 16.8. The second kappa shape index (κ2) is 9.02. The molecule has 5 nitrogen and oxygen atoms in total. The van der Waals surface area contributed by atoms with Gasteiger partial charge in [0.1, 0.15) is 11.6 Å². The van der Waals surface area contributed by atoms with Crippen LogP contribution in [0.4, 0.5) is 9.52 Å². The van der Waals surface area contributed by atoms with Crippen molar-refractivity contribution < 1.29 is 13.6 Å². The maximum atomic E-state index is 13.9. The van der Waals surface area contributed by atoms with E-state index in [1.165, 1.54) is 29.0 Å². The van der Waals surface area contributed by atoms with Crippen LogP contribution in [-0.4, -0.2) is 21.9 Å². The third kappa shape index (κ3) is 4.90. The van der Waals surface area contributed by atoms with Crippen LogP contribution >= 0.6 is 23.1 Å². The van der Waals surface area contributed by atoms with Gasteiger partial charge in [-0.05, 0) is 36.2 Å². The first-order chi connectivity index (χ1) is 14.2. The number of hydrogen-bond donors (Lipinski definition) is 1. The molecule has 0 aliphatic heterocycles. The van der Waals surface area contributed by atoms with Crippen LogP contribution < -0.4 is 5.32 Å². The number of aryl methyl sites for hydroxylation is 1. The van der Waals surface area contributed by atoms with Crippen molar-refractivity contribution in [3.63, 3.8) is 0 Å². The van der Waals surface area contributed by atoms with Crippen molar-refractivity contribution in [2.45, 2.75) is 10.8 Å². The maximum Gasteiger partial charge on any atom is 0.293 e. The van der Waals surface area contributed by atoms with Crippen LogP contribution in [0.2, 0.25) is 0 Å². The van der Waals surface area contributed by atoms with E-state index in [1.807, 2.05) is 18.2 Å². The number of hydrogen-bond acceptors (Lipinski definition) is 6. The van der Waals surface area contributed by atoms with Crippen molar-refractivity contribution in [3.05, 3.63) is 83.9 Å². The number of thioether (sulfide) groups is 1. The monoisotopic (exact) mass is 425 g/mol. The van der Waals surface area contributed by atoms with E-state index in [2.05, 4.69) is 27.6 Å². The number of aromatic nitrogens is 2. The van der Waals surface area contributed by atoms with Crippen LogP contribution in [0.25, 0.3) is 11.3 Å². The first-order valence-electron chi connectivity index (χ1n) is 8.85. The lowest BCUT2D eigenvalue weighted by atomic mass is 10.1. The molecule has 0 bridgehead atoms. The Bertz CT molecular complexity index is 1110. The summed E-state index contributed by atoms with van der Waals surface area (Å²) in [4.78, 5) is 12.4. The molecule has 0 spiro atoms. The van der Waals surface area contributed by atoms with Gasteiger partial charge in [0.15, 0.2) is 10.1 Å². The Morgan fingerprint density at radius 2 is 1.83 bits per heavy atom. The number of nitrogens with one attached hydrogen (secondary N) is 1. The summed E-state index contributed by atoms with van der Waals surface area (Å²) in [7, 11) is 0. The van der Waals surface area contributed by atoms with Gasteiger partial charge in [-0.25, -0.2) is 4.39 Å². The van der Waals surface area contributed by atoms with Gasteiger partial charge in [0, 0.05) is 5.75 Å². The Balaban J connectivity index is 1.34. The molecule has 0 saturated carbocycles. The van der Waals surface area contributed by atoms with E-state index < -0.39 is 11.7 Å². The summed E-state index contributed by atoms with van der Waals surface area (Å²) in [5.74, 6) is 0.385. The molecule has 2 aromatic heterocycles. The largest absolute Gasteiger partial charge is 0.451 e. The number of carbonyl (C=O) groups is 1. The third-order valence-electron chi connectivity index (χ3n) is 4.06. The van der Waals surface area contributed by atoms with E-state index in [4.69, 9.17) is 4.42 Å². The number of amides is 1. The predicted molar refractivity (Wildman–Crippen MR) is 113 cm³/mol. The molecule has 4 rings (SSSR count). The highest BCUT2D eigenvalue weighted by atomic mass is 32.2. The van der Waals surface area contributed by atoms with Crippen LogP contribution in [0.15, 0.2) is 75.5 Å². The lowest BCUT2D eigenvalue weighted by molar-refractivity contribution is 0.0997. The molecule has 0 atom stereocenters. The van der Waals surface area contributed by atoms with Crippen molar-refractivity contribution in [1.82, 2.24) is 10.2 Å². The topological polar surface area (TPSA) is 68.0 Å². The average Bonchev–Trinajstić information content (AvgIpc) is 3.39. The first kappa shape index (κ1) is 19.4. The van der Waals surface area contributed by atoms with Crippen LogP contribution in [0.3, 0.4) is 0 Å². The van der Waals surface area contributed by atoms with Gasteiger partial charge in [-0.1, -0.05) is 65.6 Å². The summed E-state index contributed by atoms with van der Waals surface area (Å²) in [6.45, 7) is 0. The van der Waals surface area contributed by atoms with Crippen molar-refractivity contribution in [2.24, 2.45) is 0 Å². The number of carbonyl (C=O) groups excluding carboxylic acids is 1. The second-order valence-electron chi connectivity index (χ2n) is 6.06. The highest BCUT2D eigenvalue weighted by Crippen LogP contribution is 2.28. The quantitative estimate of drug-likeness (QED) is 0.312. The van der Waals surface area contributed by atoms with Gasteiger partial charge in [-0.2, -0.15) is 0 Å². The predicted octanol–water partition coefficient (Wildman–Crippen LogP) is 5.52. The summed E-state index contributed by atoms with van der Waals surface area (Å²) in [6, 6.07) is 19.5. The molecule has 29 heavy (non-hydrogen) atoms. The lowest BCUT2D eigenvalue weighted by Crippen LogP contribution is -2.10. The van der Waals surface area contributed by atoms with Gasteiger partial charge in [0.25, 0.3) is 5.91 Å². The highest BCUT2D eigenvalue weighted by Gasteiger charge is 2.16. The fraction of sp³-hybridized carbons (Fsp3) is 0.0952. The molecule has 1 N–H and O–H groups in total. The van der Waals surface area contributed by atoms with Gasteiger partial charge >= 0.3 is 0 Å². The molecule has 2 aromatic carbocycles. The number of benzene rings is 2. The Hall–Kier alpha value is -2.97. The summed E-state index contributed by atoms with van der Waals surface area (Å²) in [6.07, 6.45) is 0.929. The number of nitrogens with zero attached hydrogens (tertiary/aromatic N) is 2. The van der Waals surface area contributed by atoms with Crippen LogP contribution in [0.1, 0.15) is 16.1 Å². The molecule has 146 valence electrons. The molecular formula is C21H16FN3O2S2. The van der Waals surface area contributed by atoms with Crippen LogP contribution in [-0.2, 0) is 6.42 Å². The first-order valence-corrected chi connectivity index (χ1v) is 10.7. The molecule has 0 saturated heterocycles. The normalized spacial score (nSPS) is 10.8.